The van der Waals surface area contributed by atoms with Gasteiger partial charge in [0.25, 0.3) is 5.56 Å². The van der Waals surface area contributed by atoms with Crippen LogP contribution in [-0.2, 0) is 12.7 Å². The van der Waals surface area contributed by atoms with Gasteiger partial charge in [0.1, 0.15) is 11.6 Å². The molecule has 0 aliphatic carbocycles. The molecule has 0 N–H and O–H groups in total. The lowest BCUT2D eigenvalue weighted by Crippen LogP contribution is -2.28. The summed E-state index contributed by atoms with van der Waals surface area (Å²) in [7, 11) is 0. The van der Waals surface area contributed by atoms with E-state index in [1.807, 2.05) is 37.3 Å². The van der Waals surface area contributed by atoms with Gasteiger partial charge in [0.2, 0.25) is 0 Å². The van der Waals surface area contributed by atoms with Crippen LogP contribution in [0, 0.1) is 18.3 Å². The molecule has 1 aromatic heterocycles. The van der Waals surface area contributed by atoms with Crippen molar-refractivity contribution in [3.63, 3.8) is 0 Å². The van der Waals surface area contributed by atoms with Gasteiger partial charge in [-0.2, -0.15) is 18.4 Å². The number of alkyl halides is 3. The van der Waals surface area contributed by atoms with Crippen LogP contribution in [0.5, 0.6) is 0 Å². The summed E-state index contributed by atoms with van der Waals surface area (Å²) in [6.07, 6.45) is -4.80. The first-order chi connectivity index (χ1) is 14.1. The van der Waals surface area contributed by atoms with Gasteiger partial charge in [-0.15, -0.1) is 0 Å². The quantitative estimate of drug-likeness (QED) is 0.539. The minimum atomic E-state index is -4.80. The molecule has 0 aliphatic rings. The first-order valence-corrected chi connectivity index (χ1v) is 9.53. The van der Waals surface area contributed by atoms with Gasteiger partial charge < -0.3 is 4.57 Å². The van der Waals surface area contributed by atoms with Crippen LogP contribution in [0.15, 0.2) is 59.4 Å². The van der Waals surface area contributed by atoms with Crippen LogP contribution < -0.4 is 5.56 Å². The molecule has 0 radical (unpaired) electrons. The number of nitrogens with zero attached hydrogens (tertiary/aromatic N) is 2. The van der Waals surface area contributed by atoms with Crippen LogP contribution in [-0.4, -0.2) is 4.57 Å². The van der Waals surface area contributed by atoms with Gasteiger partial charge >= 0.3 is 6.18 Å². The van der Waals surface area contributed by atoms with Crippen LogP contribution >= 0.6 is 0 Å². The third-order valence-electron chi connectivity index (χ3n) is 5.02. The number of aryl methyl sites for hydroxylation is 1. The van der Waals surface area contributed by atoms with Crippen LogP contribution in [0.1, 0.15) is 47.6 Å². The van der Waals surface area contributed by atoms with Gasteiger partial charge in [-0.25, -0.2) is 0 Å². The van der Waals surface area contributed by atoms with Crippen LogP contribution in [0.3, 0.4) is 0 Å². The summed E-state index contributed by atoms with van der Waals surface area (Å²) < 4.78 is 42.0. The minimum absolute atomic E-state index is 0.0628. The summed E-state index contributed by atoms with van der Waals surface area (Å²) in [6, 6.07) is 16.9. The highest BCUT2D eigenvalue weighted by Gasteiger charge is 2.36. The molecular formula is C24H21F3N2O. The molecule has 6 heteroatoms. The number of hydrogen-bond acceptors (Lipinski definition) is 2. The average Bonchev–Trinajstić information content (AvgIpc) is 2.68. The van der Waals surface area contributed by atoms with Crippen molar-refractivity contribution >= 4 is 0 Å². The number of benzene rings is 2. The lowest BCUT2D eigenvalue weighted by Gasteiger charge is -2.18. The Balaban J connectivity index is 2.24. The summed E-state index contributed by atoms with van der Waals surface area (Å²) in [4.78, 5) is 13.0. The van der Waals surface area contributed by atoms with E-state index in [0.29, 0.717) is 11.5 Å². The van der Waals surface area contributed by atoms with Gasteiger partial charge in [-0.3, -0.25) is 4.79 Å². The first-order valence-electron chi connectivity index (χ1n) is 9.53. The van der Waals surface area contributed by atoms with Crippen LogP contribution in [0.4, 0.5) is 13.2 Å². The molecule has 0 fully saturated rings. The number of rotatable bonds is 4. The second-order valence-electron chi connectivity index (χ2n) is 7.58. The smallest absolute Gasteiger partial charge is 0.303 e. The maximum absolute atomic E-state index is 13.6. The van der Waals surface area contributed by atoms with Gasteiger partial charge in [-0.1, -0.05) is 61.9 Å². The number of pyridine rings is 1. The van der Waals surface area contributed by atoms with E-state index in [1.54, 1.807) is 18.2 Å². The fourth-order valence-electron chi connectivity index (χ4n) is 3.37. The molecule has 0 bridgehead atoms. The molecular weight excluding hydrogens is 389 g/mol. The summed E-state index contributed by atoms with van der Waals surface area (Å²) >= 11 is 0. The molecule has 0 saturated carbocycles. The Labute approximate surface area is 173 Å². The molecule has 1 heterocycles. The second-order valence-corrected chi connectivity index (χ2v) is 7.58. The zero-order valence-corrected chi connectivity index (χ0v) is 16.9. The first kappa shape index (κ1) is 21.4. The molecule has 0 saturated heterocycles. The van der Waals surface area contributed by atoms with Crippen molar-refractivity contribution in [2.45, 2.75) is 39.4 Å². The molecule has 2 aromatic carbocycles. The minimum Gasteiger partial charge on any atom is -0.303 e. The third-order valence-corrected chi connectivity index (χ3v) is 5.02. The number of hydrogen-bond donors (Lipinski definition) is 0. The Morgan fingerprint density at radius 2 is 1.73 bits per heavy atom. The standard InChI is InChI=1S/C24H21F3N2O/c1-15(2)18-9-7-17(8-10-18)14-29-22(19-6-4-5-16(3)11-19)12-21(24(25,26)27)20(13-28)23(29)30/h4-12,15H,14H2,1-3H3. The van der Waals surface area contributed by atoms with Crippen LogP contribution in [0.25, 0.3) is 11.3 Å². The van der Waals surface area contributed by atoms with Crippen molar-refractivity contribution in [2.75, 3.05) is 0 Å². The predicted molar refractivity (Wildman–Crippen MR) is 110 cm³/mol. The SMILES string of the molecule is Cc1cccc(-c2cc(C(F)(F)F)c(C#N)c(=O)n2Cc2ccc(C(C)C)cc2)c1. The lowest BCUT2D eigenvalue weighted by atomic mass is 10.0. The summed E-state index contributed by atoms with van der Waals surface area (Å²) in [5.41, 5.74) is 0.302. The van der Waals surface area contributed by atoms with Crippen molar-refractivity contribution in [3.05, 3.63) is 92.8 Å². The number of aromatic nitrogens is 1. The van der Waals surface area contributed by atoms with E-state index in [4.69, 9.17) is 0 Å². The average molecular weight is 410 g/mol. The summed E-state index contributed by atoms with van der Waals surface area (Å²) in [5, 5.41) is 9.29. The Morgan fingerprint density at radius 3 is 2.27 bits per heavy atom. The topological polar surface area (TPSA) is 45.8 Å². The van der Waals surface area contributed by atoms with Crippen LogP contribution in [0.2, 0.25) is 0 Å². The van der Waals surface area contributed by atoms with Gasteiger partial charge in [0, 0.05) is 0 Å². The fourth-order valence-corrected chi connectivity index (χ4v) is 3.37. The zero-order chi connectivity index (χ0) is 22.1. The van der Waals surface area contributed by atoms with Crippen molar-refractivity contribution in [2.24, 2.45) is 0 Å². The Hall–Kier alpha value is -3.33. The Kier molecular flexibility index (Phi) is 5.84. The van der Waals surface area contributed by atoms with E-state index in [0.717, 1.165) is 22.8 Å². The Bertz CT molecular complexity index is 1170. The molecule has 0 spiro atoms. The molecule has 3 nitrogen and oxygen atoms in total. The second kappa shape index (κ2) is 8.19. The molecule has 154 valence electrons. The van der Waals surface area contributed by atoms with E-state index >= 15 is 0 Å². The predicted octanol–water partition coefficient (Wildman–Crippen LogP) is 5.89. The monoisotopic (exact) mass is 410 g/mol. The maximum atomic E-state index is 13.6. The van der Waals surface area contributed by atoms with E-state index < -0.39 is 22.9 Å². The van der Waals surface area contributed by atoms with Gasteiger partial charge in [-0.05, 0) is 41.7 Å². The molecule has 3 rings (SSSR count). The number of nitriles is 1. The fraction of sp³-hybridized carbons (Fsp3) is 0.250. The highest BCUT2D eigenvalue weighted by Crippen LogP contribution is 2.34. The number of halogens is 3. The summed E-state index contributed by atoms with van der Waals surface area (Å²) in [6.45, 7) is 6.01. The van der Waals surface area contributed by atoms with Crippen molar-refractivity contribution in [1.82, 2.24) is 4.57 Å². The van der Waals surface area contributed by atoms with Crippen molar-refractivity contribution in [3.8, 4) is 17.3 Å². The highest BCUT2D eigenvalue weighted by molar-refractivity contribution is 5.63. The maximum Gasteiger partial charge on any atom is 0.417 e. The van der Waals surface area contributed by atoms with Gasteiger partial charge in [0.05, 0.1) is 17.8 Å². The normalized spacial score (nSPS) is 11.5. The van der Waals surface area contributed by atoms with Crippen molar-refractivity contribution in [1.29, 1.82) is 5.26 Å². The van der Waals surface area contributed by atoms with E-state index in [2.05, 4.69) is 13.8 Å². The van der Waals surface area contributed by atoms with Gasteiger partial charge in [0.15, 0.2) is 0 Å². The molecule has 3 aromatic rings. The van der Waals surface area contributed by atoms with E-state index in [9.17, 15) is 23.2 Å². The highest BCUT2D eigenvalue weighted by atomic mass is 19.4. The lowest BCUT2D eigenvalue weighted by molar-refractivity contribution is -0.137. The largest absolute Gasteiger partial charge is 0.417 e. The molecule has 0 aliphatic heterocycles. The van der Waals surface area contributed by atoms with Crippen molar-refractivity contribution < 1.29 is 13.2 Å². The summed E-state index contributed by atoms with van der Waals surface area (Å²) in [5.74, 6) is 0.334. The molecule has 0 amide bonds. The molecule has 0 unspecified atom stereocenters. The molecule has 0 atom stereocenters. The third kappa shape index (κ3) is 4.30. The van der Waals surface area contributed by atoms with E-state index in [1.165, 1.54) is 10.6 Å². The van der Waals surface area contributed by atoms with E-state index in [-0.39, 0.29) is 12.2 Å². The molecule has 30 heavy (non-hydrogen) atoms. The Morgan fingerprint density at radius 1 is 1.07 bits per heavy atom. The zero-order valence-electron chi connectivity index (χ0n) is 16.9.